The molecule has 0 aliphatic rings. The number of ether oxygens (including phenoxy) is 1. The molecule has 5 heteroatoms. The first kappa shape index (κ1) is 13.5. The van der Waals surface area contributed by atoms with Crippen molar-refractivity contribution in [2.75, 3.05) is 32.1 Å². The highest BCUT2D eigenvalue weighted by molar-refractivity contribution is 5.98. The number of nitrogens with one attached hydrogen (secondary N) is 1. The SMILES string of the molecule is Nc1ccccc1C(=O)NCCCOCCO. The Morgan fingerprint density at radius 2 is 2.12 bits per heavy atom. The van der Waals surface area contributed by atoms with Gasteiger partial charge in [0.05, 0.1) is 18.8 Å². The third kappa shape index (κ3) is 4.84. The molecule has 0 aromatic heterocycles. The van der Waals surface area contributed by atoms with Crippen LogP contribution in [0.1, 0.15) is 16.8 Å². The number of para-hydroxylation sites is 1. The van der Waals surface area contributed by atoms with Crippen LogP contribution in [0.15, 0.2) is 24.3 Å². The second-order valence-electron chi connectivity index (χ2n) is 3.53. The minimum atomic E-state index is -0.176. The van der Waals surface area contributed by atoms with E-state index >= 15 is 0 Å². The number of anilines is 1. The maximum atomic E-state index is 11.7. The molecule has 0 bridgehead atoms. The lowest BCUT2D eigenvalue weighted by Gasteiger charge is -2.07. The van der Waals surface area contributed by atoms with Gasteiger partial charge in [-0.05, 0) is 18.6 Å². The summed E-state index contributed by atoms with van der Waals surface area (Å²) in [6.07, 6.45) is 0.707. The second-order valence-corrected chi connectivity index (χ2v) is 3.53. The fourth-order valence-corrected chi connectivity index (χ4v) is 1.34. The van der Waals surface area contributed by atoms with Gasteiger partial charge in [-0.15, -0.1) is 0 Å². The zero-order valence-corrected chi connectivity index (χ0v) is 9.69. The first-order valence-corrected chi connectivity index (χ1v) is 5.57. The molecule has 1 rings (SSSR count). The number of carbonyl (C=O) groups is 1. The molecule has 0 aliphatic carbocycles. The highest BCUT2D eigenvalue weighted by Gasteiger charge is 2.07. The number of nitrogen functional groups attached to an aromatic ring is 1. The van der Waals surface area contributed by atoms with Crippen molar-refractivity contribution in [1.29, 1.82) is 0 Å². The number of aliphatic hydroxyl groups excluding tert-OH is 1. The van der Waals surface area contributed by atoms with Crippen LogP contribution >= 0.6 is 0 Å². The molecule has 1 amide bonds. The van der Waals surface area contributed by atoms with E-state index in [0.29, 0.717) is 37.4 Å². The van der Waals surface area contributed by atoms with E-state index < -0.39 is 0 Å². The van der Waals surface area contributed by atoms with E-state index in [-0.39, 0.29) is 12.5 Å². The molecule has 0 aliphatic heterocycles. The summed E-state index contributed by atoms with van der Waals surface area (Å²) in [6.45, 7) is 1.40. The van der Waals surface area contributed by atoms with Crippen LogP contribution < -0.4 is 11.1 Å². The van der Waals surface area contributed by atoms with E-state index in [4.69, 9.17) is 15.6 Å². The second kappa shape index (κ2) is 7.65. The topological polar surface area (TPSA) is 84.6 Å². The van der Waals surface area contributed by atoms with Gasteiger partial charge in [-0.25, -0.2) is 0 Å². The van der Waals surface area contributed by atoms with Crippen LogP contribution in [0.4, 0.5) is 5.69 Å². The van der Waals surface area contributed by atoms with Crippen molar-refractivity contribution in [3.63, 3.8) is 0 Å². The van der Waals surface area contributed by atoms with Crippen LogP contribution in [0.25, 0.3) is 0 Å². The summed E-state index contributed by atoms with van der Waals surface area (Å²) < 4.78 is 5.07. The summed E-state index contributed by atoms with van der Waals surface area (Å²) in [5, 5.41) is 11.2. The van der Waals surface area contributed by atoms with Gasteiger partial charge in [0.1, 0.15) is 0 Å². The number of hydrogen-bond acceptors (Lipinski definition) is 4. The number of amides is 1. The van der Waals surface area contributed by atoms with Crippen LogP contribution in [0.3, 0.4) is 0 Å². The number of rotatable bonds is 7. The van der Waals surface area contributed by atoms with Crippen molar-refractivity contribution in [2.24, 2.45) is 0 Å². The molecule has 0 fully saturated rings. The zero-order valence-electron chi connectivity index (χ0n) is 9.69. The van der Waals surface area contributed by atoms with Crippen LogP contribution in [-0.4, -0.2) is 37.4 Å². The highest BCUT2D eigenvalue weighted by atomic mass is 16.5. The fourth-order valence-electron chi connectivity index (χ4n) is 1.34. The van der Waals surface area contributed by atoms with Crippen molar-refractivity contribution < 1.29 is 14.6 Å². The minimum Gasteiger partial charge on any atom is -0.398 e. The maximum absolute atomic E-state index is 11.7. The van der Waals surface area contributed by atoms with Gasteiger partial charge in [-0.3, -0.25) is 4.79 Å². The largest absolute Gasteiger partial charge is 0.398 e. The van der Waals surface area contributed by atoms with Gasteiger partial charge in [-0.1, -0.05) is 12.1 Å². The van der Waals surface area contributed by atoms with E-state index in [0.717, 1.165) is 0 Å². The van der Waals surface area contributed by atoms with E-state index in [2.05, 4.69) is 5.32 Å². The Kier molecular flexibility index (Phi) is 6.06. The van der Waals surface area contributed by atoms with Gasteiger partial charge in [0.25, 0.3) is 5.91 Å². The Bertz CT molecular complexity index is 355. The number of benzene rings is 1. The van der Waals surface area contributed by atoms with E-state index in [9.17, 15) is 4.79 Å². The molecule has 0 saturated carbocycles. The predicted octanol–water partition coefficient (Wildman–Crippen LogP) is 0.398. The molecular weight excluding hydrogens is 220 g/mol. The quantitative estimate of drug-likeness (QED) is 0.474. The minimum absolute atomic E-state index is 0.0207. The Morgan fingerprint density at radius 3 is 2.82 bits per heavy atom. The molecular formula is C12H18N2O3. The normalized spacial score (nSPS) is 10.2. The van der Waals surface area contributed by atoms with Crippen LogP contribution in [0.2, 0.25) is 0 Å². The standard InChI is InChI=1S/C12H18N2O3/c13-11-5-2-1-4-10(11)12(16)14-6-3-8-17-9-7-15/h1-2,4-5,15H,3,6-9,13H2,(H,14,16). The maximum Gasteiger partial charge on any atom is 0.253 e. The third-order valence-corrected chi connectivity index (χ3v) is 2.19. The first-order valence-electron chi connectivity index (χ1n) is 5.57. The van der Waals surface area contributed by atoms with Crippen molar-refractivity contribution in [1.82, 2.24) is 5.32 Å². The number of aliphatic hydroxyl groups is 1. The molecule has 0 atom stereocenters. The van der Waals surface area contributed by atoms with Crippen LogP contribution in [-0.2, 0) is 4.74 Å². The van der Waals surface area contributed by atoms with Crippen molar-refractivity contribution in [3.8, 4) is 0 Å². The number of carbonyl (C=O) groups excluding carboxylic acids is 1. The smallest absolute Gasteiger partial charge is 0.253 e. The summed E-state index contributed by atoms with van der Waals surface area (Å²) in [5.41, 5.74) is 6.64. The van der Waals surface area contributed by atoms with E-state index in [1.165, 1.54) is 0 Å². The Balaban J connectivity index is 2.24. The average molecular weight is 238 g/mol. The van der Waals surface area contributed by atoms with Gasteiger partial charge < -0.3 is 20.9 Å². The summed E-state index contributed by atoms with van der Waals surface area (Å²) in [5.74, 6) is -0.176. The zero-order chi connectivity index (χ0) is 12.5. The Hall–Kier alpha value is -1.59. The molecule has 0 unspecified atom stereocenters. The molecule has 1 aromatic rings. The predicted molar refractivity (Wildman–Crippen MR) is 65.7 cm³/mol. The lowest BCUT2D eigenvalue weighted by Crippen LogP contribution is -2.26. The summed E-state index contributed by atoms with van der Waals surface area (Å²) >= 11 is 0. The third-order valence-electron chi connectivity index (χ3n) is 2.19. The van der Waals surface area contributed by atoms with Crippen molar-refractivity contribution in [2.45, 2.75) is 6.42 Å². The molecule has 4 N–H and O–H groups in total. The van der Waals surface area contributed by atoms with Crippen LogP contribution in [0, 0.1) is 0 Å². The average Bonchev–Trinajstić information content (AvgIpc) is 2.34. The summed E-state index contributed by atoms with van der Waals surface area (Å²) in [7, 11) is 0. The van der Waals surface area contributed by atoms with Crippen LogP contribution in [0.5, 0.6) is 0 Å². The highest BCUT2D eigenvalue weighted by Crippen LogP contribution is 2.09. The molecule has 0 heterocycles. The Labute approximate surface area is 101 Å². The summed E-state index contributed by atoms with van der Waals surface area (Å²) in [4.78, 5) is 11.7. The van der Waals surface area contributed by atoms with Crippen molar-refractivity contribution in [3.05, 3.63) is 29.8 Å². The lowest BCUT2D eigenvalue weighted by atomic mass is 10.1. The Morgan fingerprint density at radius 1 is 1.35 bits per heavy atom. The van der Waals surface area contributed by atoms with E-state index in [1.807, 2.05) is 0 Å². The number of nitrogens with two attached hydrogens (primary N) is 1. The monoisotopic (exact) mass is 238 g/mol. The van der Waals surface area contributed by atoms with Gasteiger partial charge in [0, 0.05) is 18.8 Å². The van der Waals surface area contributed by atoms with Gasteiger partial charge in [-0.2, -0.15) is 0 Å². The van der Waals surface area contributed by atoms with Gasteiger partial charge in [0.2, 0.25) is 0 Å². The molecule has 1 aromatic carbocycles. The fraction of sp³-hybridized carbons (Fsp3) is 0.417. The molecule has 0 spiro atoms. The number of hydrogen-bond donors (Lipinski definition) is 3. The molecule has 0 saturated heterocycles. The molecule has 5 nitrogen and oxygen atoms in total. The van der Waals surface area contributed by atoms with Gasteiger partial charge in [0.15, 0.2) is 0 Å². The van der Waals surface area contributed by atoms with E-state index in [1.54, 1.807) is 24.3 Å². The molecule has 17 heavy (non-hydrogen) atoms. The first-order chi connectivity index (χ1) is 8.25. The van der Waals surface area contributed by atoms with Crippen molar-refractivity contribution >= 4 is 11.6 Å². The molecule has 0 radical (unpaired) electrons. The molecule has 94 valence electrons. The van der Waals surface area contributed by atoms with Gasteiger partial charge >= 0.3 is 0 Å². The lowest BCUT2D eigenvalue weighted by molar-refractivity contribution is 0.0868. The summed E-state index contributed by atoms with van der Waals surface area (Å²) in [6, 6.07) is 6.94.